The Labute approximate surface area is 186 Å². The molecule has 0 fully saturated rings. The van der Waals surface area contributed by atoms with Crippen LogP contribution in [0.2, 0.25) is 5.02 Å². The van der Waals surface area contributed by atoms with Gasteiger partial charge in [0.2, 0.25) is 11.8 Å². The monoisotopic (exact) mass is 438 g/mol. The van der Waals surface area contributed by atoms with E-state index in [9.17, 15) is 14.0 Å². The molecule has 6 heteroatoms. The molecular weight excluding hydrogens is 415 g/mol. The van der Waals surface area contributed by atoms with Gasteiger partial charge < -0.3 is 10.2 Å². The lowest BCUT2D eigenvalue weighted by molar-refractivity contribution is -0.140. The SMILES string of the molecule is CNC(=O)C(Cc1ccccc1)N(Cc1ccc(F)cc1)C(=O)Cc1ccccc1Cl. The van der Waals surface area contributed by atoms with Gasteiger partial charge in [-0.3, -0.25) is 9.59 Å². The third kappa shape index (κ3) is 6.15. The summed E-state index contributed by atoms with van der Waals surface area (Å²) in [5, 5.41) is 3.17. The Hall–Kier alpha value is -3.18. The number of likely N-dealkylation sites (N-methyl/N-ethyl adjacent to an activating group) is 1. The Balaban J connectivity index is 1.94. The summed E-state index contributed by atoms with van der Waals surface area (Å²) in [6.45, 7) is 0.175. The highest BCUT2D eigenvalue weighted by Gasteiger charge is 2.30. The van der Waals surface area contributed by atoms with Crippen LogP contribution in [0.15, 0.2) is 78.9 Å². The molecule has 0 aliphatic heterocycles. The molecule has 0 radical (unpaired) electrons. The summed E-state index contributed by atoms with van der Waals surface area (Å²) in [6.07, 6.45) is 0.416. The van der Waals surface area contributed by atoms with E-state index in [2.05, 4.69) is 5.32 Å². The van der Waals surface area contributed by atoms with Crippen molar-refractivity contribution >= 4 is 23.4 Å². The first-order valence-corrected chi connectivity index (χ1v) is 10.4. The van der Waals surface area contributed by atoms with E-state index in [0.29, 0.717) is 17.0 Å². The molecule has 1 N–H and O–H groups in total. The van der Waals surface area contributed by atoms with E-state index in [0.717, 1.165) is 11.1 Å². The number of nitrogens with one attached hydrogen (secondary N) is 1. The molecule has 3 aromatic rings. The van der Waals surface area contributed by atoms with E-state index in [-0.39, 0.29) is 30.6 Å². The fraction of sp³-hybridized carbons (Fsp3) is 0.200. The summed E-state index contributed by atoms with van der Waals surface area (Å²) in [4.78, 5) is 27.8. The highest BCUT2D eigenvalue weighted by atomic mass is 35.5. The first kappa shape index (κ1) is 22.5. The van der Waals surface area contributed by atoms with Gasteiger partial charge in [0.15, 0.2) is 0 Å². The number of carbonyl (C=O) groups excluding carboxylic acids is 2. The van der Waals surface area contributed by atoms with Gasteiger partial charge >= 0.3 is 0 Å². The Morgan fingerprint density at radius 1 is 0.935 bits per heavy atom. The Morgan fingerprint density at radius 2 is 1.58 bits per heavy atom. The summed E-state index contributed by atoms with van der Waals surface area (Å²) in [6, 6.07) is 21.9. The predicted octanol–water partition coefficient (Wildman–Crippen LogP) is 4.41. The van der Waals surface area contributed by atoms with Crippen molar-refractivity contribution in [1.29, 1.82) is 0 Å². The summed E-state index contributed by atoms with van der Waals surface area (Å²) >= 11 is 6.26. The molecule has 2 amide bonds. The molecule has 0 aliphatic rings. The van der Waals surface area contributed by atoms with Crippen molar-refractivity contribution in [2.45, 2.75) is 25.4 Å². The molecule has 1 atom stereocenters. The lowest BCUT2D eigenvalue weighted by Gasteiger charge is -2.31. The van der Waals surface area contributed by atoms with E-state index >= 15 is 0 Å². The standard InChI is InChI=1S/C25H24ClFN2O2/c1-28-25(31)23(15-18-7-3-2-4-8-18)29(17-19-11-13-21(27)14-12-19)24(30)16-20-9-5-6-10-22(20)26/h2-14,23H,15-17H2,1H3,(H,28,31). The zero-order valence-corrected chi connectivity index (χ0v) is 18.0. The molecule has 4 nitrogen and oxygen atoms in total. The summed E-state index contributed by atoms with van der Waals surface area (Å²) in [5.41, 5.74) is 2.36. The van der Waals surface area contributed by atoms with Crippen molar-refractivity contribution < 1.29 is 14.0 Å². The van der Waals surface area contributed by atoms with Crippen LogP contribution in [-0.2, 0) is 29.0 Å². The van der Waals surface area contributed by atoms with Crippen molar-refractivity contribution in [3.05, 3.63) is 106 Å². The molecule has 0 aromatic heterocycles. The quantitative estimate of drug-likeness (QED) is 0.566. The van der Waals surface area contributed by atoms with Gasteiger partial charge in [-0.15, -0.1) is 0 Å². The molecule has 1 unspecified atom stereocenters. The molecule has 0 bridgehead atoms. The molecule has 0 heterocycles. The van der Waals surface area contributed by atoms with E-state index in [1.165, 1.54) is 12.1 Å². The number of nitrogens with zero attached hydrogens (tertiary/aromatic N) is 1. The van der Waals surface area contributed by atoms with Gasteiger partial charge in [-0.1, -0.05) is 72.3 Å². The van der Waals surface area contributed by atoms with Crippen LogP contribution in [0.4, 0.5) is 4.39 Å². The van der Waals surface area contributed by atoms with Crippen LogP contribution in [0.25, 0.3) is 0 Å². The summed E-state index contributed by atoms with van der Waals surface area (Å²) < 4.78 is 13.4. The Bertz CT molecular complexity index is 1030. The number of hydrogen-bond donors (Lipinski definition) is 1. The molecule has 0 saturated carbocycles. The Morgan fingerprint density at radius 3 is 2.23 bits per heavy atom. The lowest BCUT2D eigenvalue weighted by Crippen LogP contribution is -2.50. The fourth-order valence-electron chi connectivity index (χ4n) is 3.41. The first-order valence-electron chi connectivity index (χ1n) is 10.0. The number of amides is 2. The van der Waals surface area contributed by atoms with E-state index in [4.69, 9.17) is 11.6 Å². The van der Waals surface area contributed by atoms with Gasteiger partial charge in [0.25, 0.3) is 0 Å². The second-order valence-corrected chi connectivity index (χ2v) is 7.64. The van der Waals surface area contributed by atoms with Crippen molar-refractivity contribution in [2.24, 2.45) is 0 Å². The van der Waals surface area contributed by atoms with Gasteiger partial charge in [0.1, 0.15) is 11.9 Å². The predicted molar refractivity (Wildman–Crippen MR) is 120 cm³/mol. The van der Waals surface area contributed by atoms with E-state index in [1.54, 1.807) is 42.3 Å². The van der Waals surface area contributed by atoms with Crippen molar-refractivity contribution in [3.63, 3.8) is 0 Å². The highest BCUT2D eigenvalue weighted by Crippen LogP contribution is 2.20. The molecule has 31 heavy (non-hydrogen) atoms. The fourth-order valence-corrected chi connectivity index (χ4v) is 3.62. The zero-order chi connectivity index (χ0) is 22.2. The minimum Gasteiger partial charge on any atom is -0.357 e. The normalized spacial score (nSPS) is 11.6. The third-order valence-corrected chi connectivity index (χ3v) is 5.45. The highest BCUT2D eigenvalue weighted by molar-refractivity contribution is 6.31. The molecule has 3 rings (SSSR count). The van der Waals surface area contributed by atoms with Crippen LogP contribution in [0.3, 0.4) is 0 Å². The second-order valence-electron chi connectivity index (χ2n) is 7.24. The Kier molecular flexibility index (Phi) is 7.79. The van der Waals surface area contributed by atoms with Crippen molar-refractivity contribution in [3.8, 4) is 0 Å². The average Bonchev–Trinajstić information content (AvgIpc) is 2.79. The maximum atomic E-state index is 13.4. The number of carbonyl (C=O) groups is 2. The summed E-state index contributed by atoms with van der Waals surface area (Å²) in [7, 11) is 1.55. The number of hydrogen-bond acceptors (Lipinski definition) is 2. The van der Waals surface area contributed by atoms with Gasteiger partial charge in [-0.2, -0.15) is 0 Å². The summed E-state index contributed by atoms with van der Waals surface area (Å²) in [5.74, 6) is -0.856. The van der Waals surface area contributed by atoms with Gasteiger partial charge in [0.05, 0.1) is 6.42 Å². The number of rotatable bonds is 8. The van der Waals surface area contributed by atoms with Crippen LogP contribution in [0.5, 0.6) is 0 Å². The van der Waals surface area contributed by atoms with Gasteiger partial charge in [0, 0.05) is 25.0 Å². The molecule has 0 saturated heterocycles. The zero-order valence-electron chi connectivity index (χ0n) is 17.2. The van der Waals surface area contributed by atoms with Crippen LogP contribution in [-0.4, -0.2) is 29.8 Å². The second kappa shape index (κ2) is 10.7. The molecule has 160 valence electrons. The van der Waals surface area contributed by atoms with Crippen molar-refractivity contribution in [1.82, 2.24) is 10.2 Å². The average molecular weight is 439 g/mol. The van der Waals surface area contributed by atoms with Crippen LogP contribution < -0.4 is 5.32 Å². The number of benzene rings is 3. The largest absolute Gasteiger partial charge is 0.357 e. The number of halogens is 2. The van der Waals surface area contributed by atoms with Crippen LogP contribution >= 0.6 is 11.6 Å². The maximum Gasteiger partial charge on any atom is 0.242 e. The van der Waals surface area contributed by atoms with E-state index in [1.807, 2.05) is 36.4 Å². The molecular formula is C25H24ClFN2O2. The maximum absolute atomic E-state index is 13.4. The molecule has 0 aliphatic carbocycles. The molecule has 3 aromatic carbocycles. The van der Waals surface area contributed by atoms with Crippen LogP contribution in [0.1, 0.15) is 16.7 Å². The van der Waals surface area contributed by atoms with Gasteiger partial charge in [-0.05, 0) is 34.9 Å². The van der Waals surface area contributed by atoms with Crippen molar-refractivity contribution in [2.75, 3.05) is 7.05 Å². The third-order valence-electron chi connectivity index (χ3n) is 5.08. The van der Waals surface area contributed by atoms with Gasteiger partial charge in [-0.25, -0.2) is 4.39 Å². The lowest BCUT2D eigenvalue weighted by atomic mass is 10.0. The topological polar surface area (TPSA) is 49.4 Å². The minimum atomic E-state index is -0.729. The minimum absolute atomic E-state index is 0.0587. The van der Waals surface area contributed by atoms with Crippen LogP contribution in [0, 0.1) is 5.82 Å². The first-order chi connectivity index (χ1) is 15.0. The molecule has 0 spiro atoms. The smallest absolute Gasteiger partial charge is 0.242 e. The van der Waals surface area contributed by atoms with E-state index < -0.39 is 6.04 Å².